The molecule has 0 aliphatic carbocycles. The van der Waals surface area contributed by atoms with Crippen LogP contribution in [0.15, 0.2) is 12.0 Å². The summed E-state index contributed by atoms with van der Waals surface area (Å²) in [7, 11) is 1.63. The van der Waals surface area contributed by atoms with Crippen molar-refractivity contribution < 1.29 is 5.11 Å². The molecule has 1 N–H and O–H groups in total. The van der Waals surface area contributed by atoms with E-state index in [0.717, 1.165) is 12.8 Å². The molecule has 0 fully saturated rings. The number of allylic oxidation sites excluding steroid dienone is 1. The molecular formula is C6H12NO-. The fraction of sp³-hybridized carbons (Fsp3) is 0.667. The Hall–Kier alpha value is -0.660. The van der Waals surface area contributed by atoms with Gasteiger partial charge in [-0.3, -0.25) is 0 Å². The number of hydrogen-bond donors (Lipinski definition) is 1. The van der Waals surface area contributed by atoms with E-state index < -0.39 is 0 Å². The lowest BCUT2D eigenvalue weighted by Crippen LogP contribution is -2.18. The zero-order valence-corrected chi connectivity index (χ0v) is 5.40. The maximum Gasteiger partial charge on any atom is 0.00220 e. The van der Waals surface area contributed by atoms with E-state index in [9.17, 15) is 5.11 Å². The van der Waals surface area contributed by atoms with Gasteiger partial charge in [-0.1, -0.05) is 19.4 Å². The van der Waals surface area contributed by atoms with Crippen molar-refractivity contribution in [3.63, 3.8) is 0 Å². The molecule has 0 saturated carbocycles. The molecule has 0 spiro atoms. The van der Waals surface area contributed by atoms with E-state index >= 15 is 0 Å². The number of unbranched alkanes of at least 4 members (excludes halogenated alkanes) is 1. The van der Waals surface area contributed by atoms with Crippen LogP contribution in [0.4, 0.5) is 0 Å². The average Bonchev–Trinajstić information content (AvgIpc) is 1.83. The minimum Gasteiger partial charge on any atom is -0.861 e. The third kappa shape index (κ3) is 3.53. The molecule has 0 atom stereocenters. The van der Waals surface area contributed by atoms with Crippen LogP contribution < -0.4 is 10.4 Å². The van der Waals surface area contributed by atoms with Crippen molar-refractivity contribution in [2.24, 2.45) is 0 Å². The summed E-state index contributed by atoms with van der Waals surface area (Å²) in [6, 6.07) is 0. The van der Waals surface area contributed by atoms with Crippen molar-refractivity contribution in [1.82, 2.24) is 5.32 Å². The Morgan fingerprint density at radius 1 is 1.75 bits per heavy atom. The van der Waals surface area contributed by atoms with Crippen molar-refractivity contribution in [1.29, 1.82) is 0 Å². The highest BCUT2D eigenvalue weighted by molar-refractivity contribution is 4.84. The largest absolute Gasteiger partial charge is 0.861 e. The van der Waals surface area contributed by atoms with Crippen molar-refractivity contribution >= 4 is 0 Å². The molecule has 0 aliphatic heterocycles. The molecule has 0 unspecified atom stereocenters. The van der Waals surface area contributed by atoms with Gasteiger partial charge in [-0.25, -0.2) is 0 Å². The smallest absolute Gasteiger partial charge is 0.00220 e. The monoisotopic (exact) mass is 114 g/mol. The van der Waals surface area contributed by atoms with Gasteiger partial charge in [0.1, 0.15) is 0 Å². The first-order valence-electron chi connectivity index (χ1n) is 2.86. The molecule has 0 rings (SSSR count). The lowest BCUT2D eigenvalue weighted by atomic mass is 10.3. The zero-order chi connectivity index (χ0) is 6.41. The molecule has 48 valence electrons. The van der Waals surface area contributed by atoms with Crippen LogP contribution in [0.25, 0.3) is 0 Å². The Balaban J connectivity index is 3.26. The first kappa shape index (κ1) is 7.34. The third-order valence-corrected chi connectivity index (χ3v) is 0.865. The second-order valence-electron chi connectivity index (χ2n) is 1.61. The van der Waals surface area contributed by atoms with Crippen LogP contribution >= 0.6 is 0 Å². The van der Waals surface area contributed by atoms with E-state index in [2.05, 4.69) is 5.32 Å². The maximum atomic E-state index is 10.4. The van der Waals surface area contributed by atoms with E-state index in [1.165, 1.54) is 0 Å². The van der Waals surface area contributed by atoms with Gasteiger partial charge in [0, 0.05) is 7.05 Å². The minimum absolute atomic E-state index is 0.0202. The van der Waals surface area contributed by atoms with Gasteiger partial charge in [-0.05, 0) is 12.3 Å². The van der Waals surface area contributed by atoms with Gasteiger partial charge in [-0.2, -0.15) is 0 Å². The molecule has 8 heavy (non-hydrogen) atoms. The SMILES string of the molecule is CCCC=C([O-])NC. The Morgan fingerprint density at radius 3 is 2.75 bits per heavy atom. The topological polar surface area (TPSA) is 35.1 Å². The summed E-state index contributed by atoms with van der Waals surface area (Å²) in [6.07, 6.45) is 3.56. The van der Waals surface area contributed by atoms with Gasteiger partial charge in [0.25, 0.3) is 0 Å². The Morgan fingerprint density at radius 2 is 2.38 bits per heavy atom. The molecule has 0 bridgehead atoms. The molecule has 0 aromatic rings. The van der Waals surface area contributed by atoms with Crippen molar-refractivity contribution in [2.75, 3.05) is 7.05 Å². The molecule has 0 radical (unpaired) electrons. The summed E-state index contributed by atoms with van der Waals surface area (Å²) in [5.74, 6) is 0.0202. The predicted octanol–water partition coefficient (Wildman–Crippen LogP) is 0.208. The molecule has 0 aromatic carbocycles. The Kier molecular flexibility index (Phi) is 4.13. The summed E-state index contributed by atoms with van der Waals surface area (Å²) in [4.78, 5) is 0. The highest BCUT2D eigenvalue weighted by atomic mass is 16.3. The highest BCUT2D eigenvalue weighted by Gasteiger charge is 1.72. The van der Waals surface area contributed by atoms with Crippen LogP contribution in [-0.2, 0) is 0 Å². The van der Waals surface area contributed by atoms with Crippen LogP contribution in [0.5, 0.6) is 0 Å². The van der Waals surface area contributed by atoms with Crippen LogP contribution in [0.2, 0.25) is 0 Å². The quantitative estimate of drug-likeness (QED) is 0.532. The predicted molar refractivity (Wildman–Crippen MR) is 32.1 cm³/mol. The summed E-state index contributed by atoms with van der Waals surface area (Å²) < 4.78 is 0. The fourth-order valence-corrected chi connectivity index (χ4v) is 0.377. The first-order chi connectivity index (χ1) is 3.81. The lowest BCUT2D eigenvalue weighted by Gasteiger charge is -2.08. The maximum absolute atomic E-state index is 10.4. The molecule has 0 saturated heterocycles. The fourth-order valence-electron chi connectivity index (χ4n) is 0.377. The minimum atomic E-state index is 0.0202. The molecule has 2 nitrogen and oxygen atoms in total. The van der Waals surface area contributed by atoms with E-state index in [1.807, 2.05) is 6.92 Å². The van der Waals surface area contributed by atoms with Gasteiger partial charge in [-0.15, -0.1) is 0 Å². The van der Waals surface area contributed by atoms with Gasteiger partial charge in [0.2, 0.25) is 0 Å². The molecule has 0 amide bonds. The second kappa shape index (κ2) is 4.50. The Labute approximate surface area is 50.2 Å². The van der Waals surface area contributed by atoms with E-state index in [1.54, 1.807) is 13.1 Å². The van der Waals surface area contributed by atoms with E-state index in [4.69, 9.17) is 0 Å². The van der Waals surface area contributed by atoms with Crippen LogP contribution in [-0.4, -0.2) is 7.05 Å². The standard InChI is InChI=1S/C6H13NO/c1-3-4-5-6(8)7-2/h5,7-8H,3-4H2,1-2H3/p-1. The van der Waals surface area contributed by atoms with Crippen molar-refractivity contribution in [2.45, 2.75) is 19.8 Å². The van der Waals surface area contributed by atoms with E-state index in [0.29, 0.717) is 0 Å². The van der Waals surface area contributed by atoms with Gasteiger partial charge in [0.05, 0.1) is 0 Å². The molecule has 0 aromatic heterocycles. The highest BCUT2D eigenvalue weighted by Crippen LogP contribution is 1.87. The molecule has 0 aliphatic rings. The van der Waals surface area contributed by atoms with Gasteiger partial charge >= 0.3 is 0 Å². The summed E-state index contributed by atoms with van der Waals surface area (Å²) in [5.41, 5.74) is 0. The van der Waals surface area contributed by atoms with E-state index in [-0.39, 0.29) is 5.88 Å². The van der Waals surface area contributed by atoms with Gasteiger partial charge < -0.3 is 10.4 Å². The zero-order valence-electron chi connectivity index (χ0n) is 5.40. The third-order valence-electron chi connectivity index (χ3n) is 0.865. The van der Waals surface area contributed by atoms with Crippen molar-refractivity contribution in [3.05, 3.63) is 12.0 Å². The average molecular weight is 114 g/mol. The summed E-state index contributed by atoms with van der Waals surface area (Å²) in [5, 5.41) is 12.9. The lowest BCUT2D eigenvalue weighted by molar-refractivity contribution is -0.311. The Bertz CT molecular complexity index is 78.6. The normalized spacial score (nSPS) is 11.5. The number of nitrogens with one attached hydrogen (secondary N) is 1. The van der Waals surface area contributed by atoms with Crippen LogP contribution in [0.1, 0.15) is 19.8 Å². The molecular weight excluding hydrogens is 102 g/mol. The molecule has 0 heterocycles. The number of rotatable bonds is 3. The molecule has 2 heteroatoms. The first-order valence-corrected chi connectivity index (χ1v) is 2.86. The van der Waals surface area contributed by atoms with Crippen molar-refractivity contribution in [3.8, 4) is 0 Å². The number of hydrogen-bond acceptors (Lipinski definition) is 2. The second-order valence-corrected chi connectivity index (χ2v) is 1.61. The summed E-state index contributed by atoms with van der Waals surface area (Å²) in [6.45, 7) is 2.04. The van der Waals surface area contributed by atoms with Gasteiger partial charge in [0.15, 0.2) is 0 Å². The van der Waals surface area contributed by atoms with Crippen LogP contribution in [0, 0.1) is 0 Å². The van der Waals surface area contributed by atoms with Crippen LogP contribution in [0.3, 0.4) is 0 Å². The summed E-state index contributed by atoms with van der Waals surface area (Å²) >= 11 is 0.